The van der Waals surface area contributed by atoms with Crippen molar-refractivity contribution >= 4 is 52.5 Å². The Morgan fingerprint density at radius 3 is 2.15 bits per heavy atom. The molecule has 11 heteroatoms. The van der Waals surface area contributed by atoms with Gasteiger partial charge in [0, 0.05) is 30.7 Å². The van der Waals surface area contributed by atoms with Gasteiger partial charge in [-0.3, -0.25) is 19.2 Å². The summed E-state index contributed by atoms with van der Waals surface area (Å²) in [5, 5.41) is 17.2. The molecule has 0 atom stereocenters. The normalized spacial score (nSPS) is 12.8. The van der Waals surface area contributed by atoms with E-state index >= 15 is 0 Å². The predicted molar refractivity (Wildman–Crippen MR) is 146 cm³/mol. The third kappa shape index (κ3) is 6.98. The number of benzene rings is 3. The second-order valence-electron chi connectivity index (χ2n) is 8.92. The topological polar surface area (TPSA) is 148 Å². The number of carbonyl (C=O) groups is 5. The maximum absolute atomic E-state index is 13.1. The zero-order valence-corrected chi connectivity index (χ0v) is 21.1. The number of anilines is 4. The number of nitrogens with one attached hydrogen (secondary N) is 3. The predicted octanol–water partition coefficient (Wildman–Crippen LogP) is 3.41. The van der Waals surface area contributed by atoms with Gasteiger partial charge in [0.2, 0.25) is 11.8 Å². The van der Waals surface area contributed by atoms with Crippen molar-refractivity contribution in [1.29, 1.82) is 0 Å². The number of aliphatic carboxylic acids is 1. The number of carboxylic acids is 1. The minimum Gasteiger partial charge on any atom is -0.481 e. The van der Waals surface area contributed by atoms with Crippen LogP contribution in [0.25, 0.3) is 0 Å². The zero-order valence-electron chi connectivity index (χ0n) is 21.1. The number of nitrogens with zero attached hydrogens (tertiary/aromatic N) is 2. The van der Waals surface area contributed by atoms with Gasteiger partial charge in [0.05, 0.1) is 24.1 Å². The maximum atomic E-state index is 13.1. The van der Waals surface area contributed by atoms with Crippen LogP contribution in [0.5, 0.6) is 0 Å². The Morgan fingerprint density at radius 2 is 1.49 bits per heavy atom. The third-order valence-corrected chi connectivity index (χ3v) is 6.06. The molecule has 0 saturated heterocycles. The van der Waals surface area contributed by atoms with Gasteiger partial charge in [0.15, 0.2) is 0 Å². The van der Waals surface area contributed by atoms with Crippen LogP contribution in [-0.4, -0.2) is 59.9 Å². The lowest BCUT2D eigenvalue weighted by Gasteiger charge is -2.19. The van der Waals surface area contributed by atoms with Crippen molar-refractivity contribution in [2.75, 3.05) is 41.0 Å². The van der Waals surface area contributed by atoms with Crippen LogP contribution in [0, 0.1) is 0 Å². The summed E-state index contributed by atoms with van der Waals surface area (Å²) in [6.45, 7) is -0.347. The molecule has 1 aliphatic heterocycles. The zero-order chi connectivity index (χ0) is 27.9. The largest absolute Gasteiger partial charge is 0.481 e. The molecule has 11 nitrogen and oxygen atoms in total. The van der Waals surface area contributed by atoms with Crippen molar-refractivity contribution in [3.63, 3.8) is 0 Å². The number of carboxylic acid groups (broad SMARTS) is 1. The fourth-order valence-corrected chi connectivity index (χ4v) is 4.05. The Morgan fingerprint density at radius 1 is 0.846 bits per heavy atom. The molecular formula is C28H27N5O6. The Hall–Kier alpha value is -5.19. The fraction of sp³-hybridized carbons (Fsp3) is 0.179. The number of likely N-dealkylation sites (N-methyl/N-ethyl adjacent to an activating group) is 1. The van der Waals surface area contributed by atoms with E-state index in [-0.39, 0.29) is 43.3 Å². The van der Waals surface area contributed by atoms with Crippen LogP contribution in [0.1, 0.15) is 22.3 Å². The summed E-state index contributed by atoms with van der Waals surface area (Å²) in [6.07, 6.45) is -0.245. The van der Waals surface area contributed by atoms with Gasteiger partial charge in [-0.15, -0.1) is 0 Å². The highest BCUT2D eigenvalue weighted by Crippen LogP contribution is 2.28. The van der Waals surface area contributed by atoms with Gasteiger partial charge in [-0.1, -0.05) is 30.3 Å². The Kier molecular flexibility index (Phi) is 8.20. The lowest BCUT2D eigenvalue weighted by atomic mass is 10.1. The molecule has 0 fully saturated rings. The van der Waals surface area contributed by atoms with Crippen molar-refractivity contribution in [2.45, 2.75) is 12.8 Å². The van der Waals surface area contributed by atoms with Crippen molar-refractivity contribution in [1.82, 2.24) is 4.90 Å². The molecule has 3 aromatic rings. The SMILES string of the molecule is CN1C(=O)CN(CCC(=O)O)C(=O)c2cc(NC(=O)Cc3ccc(NC(=O)Nc4ccccc4)cc3)ccc21. The second kappa shape index (κ2) is 11.9. The number of amides is 5. The lowest BCUT2D eigenvalue weighted by molar-refractivity contribution is -0.137. The molecule has 0 spiro atoms. The molecule has 1 aliphatic rings. The summed E-state index contributed by atoms with van der Waals surface area (Å²) < 4.78 is 0. The molecule has 4 N–H and O–H groups in total. The molecule has 3 aromatic carbocycles. The molecule has 39 heavy (non-hydrogen) atoms. The van der Waals surface area contributed by atoms with E-state index in [1.807, 2.05) is 18.2 Å². The average Bonchev–Trinajstić information content (AvgIpc) is 2.99. The number of carbonyl (C=O) groups excluding carboxylic acids is 4. The van der Waals surface area contributed by atoms with E-state index < -0.39 is 17.9 Å². The number of hydrogen-bond acceptors (Lipinski definition) is 5. The number of fused-ring (bicyclic) bond motifs is 1. The molecular weight excluding hydrogens is 502 g/mol. The molecule has 0 bridgehead atoms. The van der Waals surface area contributed by atoms with E-state index in [1.165, 1.54) is 22.9 Å². The third-order valence-electron chi connectivity index (χ3n) is 6.06. The molecule has 0 radical (unpaired) electrons. The van der Waals surface area contributed by atoms with Gasteiger partial charge < -0.3 is 30.9 Å². The van der Waals surface area contributed by atoms with Crippen molar-refractivity contribution in [2.24, 2.45) is 0 Å². The highest BCUT2D eigenvalue weighted by Gasteiger charge is 2.30. The number of urea groups is 1. The van der Waals surface area contributed by atoms with Crippen LogP contribution in [0.2, 0.25) is 0 Å². The summed E-state index contributed by atoms with van der Waals surface area (Å²) >= 11 is 0. The van der Waals surface area contributed by atoms with Crippen LogP contribution in [-0.2, 0) is 20.8 Å². The monoisotopic (exact) mass is 529 g/mol. The van der Waals surface area contributed by atoms with E-state index in [0.29, 0.717) is 28.3 Å². The van der Waals surface area contributed by atoms with Crippen molar-refractivity contribution < 1.29 is 29.1 Å². The van der Waals surface area contributed by atoms with E-state index in [1.54, 1.807) is 48.5 Å². The number of hydrogen-bond donors (Lipinski definition) is 4. The van der Waals surface area contributed by atoms with Gasteiger partial charge in [0.25, 0.3) is 5.91 Å². The number of para-hydroxylation sites is 1. The van der Waals surface area contributed by atoms with Crippen LogP contribution in [0.4, 0.5) is 27.5 Å². The summed E-state index contributed by atoms with van der Waals surface area (Å²) in [4.78, 5) is 64.0. The minimum atomic E-state index is -1.08. The first kappa shape index (κ1) is 26.9. The van der Waals surface area contributed by atoms with Crippen molar-refractivity contribution in [3.8, 4) is 0 Å². The Bertz CT molecular complexity index is 1410. The summed E-state index contributed by atoms with van der Waals surface area (Å²) in [5.41, 5.74) is 2.86. The summed E-state index contributed by atoms with van der Waals surface area (Å²) in [6, 6.07) is 20.1. The molecule has 0 aromatic heterocycles. The van der Waals surface area contributed by atoms with Crippen molar-refractivity contribution in [3.05, 3.63) is 83.9 Å². The summed E-state index contributed by atoms with van der Waals surface area (Å²) in [7, 11) is 1.54. The van der Waals surface area contributed by atoms with E-state index in [2.05, 4.69) is 16.0 Å². The Balaban J connectivity index is 1.38. The molecule has 4 rings (SSSR count). The highest BCUT2D eigenvalue weighted by atomic mass is 16.4. The minimum absolute atomic E-state index is 0.0463. The fourth-order valence-electron chi connectivity index (χ4n) is 4.05. The molecule has 0 aliphatic carbocycles. The molecule has 1 heterocycles. The molecule has 200 valence electrons. The summed E-state index contributed by atoms with van der Waals surface area (Å²) in [5.74, 6) is -2.24. The van der Waals surface area contributed by atoms with E-state index in [4.69, 9.17) is 5.11 Å². The van der Waals surface area contributed by atoms with Crippen LogP contribution >= 0.6 is 0 Å². The van der Waals surface area contributed by atoms with Gasteiger partial charge in [-0.2, -0.15) is 0 Å². The van der Waals surface area contributed by atoms with Crippen LogP contribution in [0.3, 0.4) is 0 Å². The molecule has 5 amide bonds. The smallest absolute Gasteiger partial charge is 0.323 e. The average molecular weight is 530 g/mol. The quantitative estimate of drug-likeness (QED) is 0.352. The Labute approximate surface area is 224 Å². The van der Waals surface area contributed by atoms with Gasteiger partial charge in [-0.05, 0) is 48.0 Å². The van der Waals surface area contributed by atoms with E-state index in [9.17, 15) is 24.0 Å². The van der Waals surface area contributed by atoms with Crippen LogP contribution in [0.15, 0.2) is 72.8 Å². The van der Waals surface area contributed by atoms with Gasteiger partial charge >= 0.3 is 12.0 Å². The lowest BCUT2D eigenvalue weighted by Crippen LogP contribution is -2.38. The van der Waals surface area contributed by atoms with Gasteiger partial charge in [0.1, 0.15) is 6.54 Å². The molecule has 0 saturated carbocycles. The van der Waals surface area contributed by atoms with Gasteiger partial charge in [-0.25, -0.2) is 4.79 Å². The van der Waals surface area contributed by atoms with Crippen LogP contribution < -0.4 is 20.9 Å². The highest BCUT2D eigenvalue weighted by molar-refractivity contribution is 6.10. The number of rotatable bonds is 8. The first-order valence-corrected chi connectivity index (χ1v) is 12.1. The second-order valence-corrected chi connectivity index (χ2v) is 8.92. The standard InChI is InChI=1S/C28H27N5O6/c1-32-23-12-11-21(16-22(23)27(38)33(17-25(32)35)14-13-26(36)37)29-24(34)15-18-7-9-20(10-8-18)31-28(39)30-19-5-3-2-4-6-19/h2-12,16H,13-15,17H2,1H3,(H,29,34)(H,36,37)(H2,30,31,39). The molecule has 0 unspecified atom stereocenters. The first-order chi connectivity index (χ1) is 18.7. The first-order valence-electron chi connectivity index (χ1n) is 12.1. The van der Waals surface area contributed by atoms with E-state index in [0.717, 1.165) is 0 Å². The maximum Gasteiger partial charge on any atom is 0.323 e.